The second-order valence-corrected chi connectivity index (χ2v) is 2.66. The quantitative estimate of drug-likeness (QED) is 0.473. The lowest BCUT2D eigenvalue weighted by Crippen LogP contribution is -1.80. The molecule has 0 radical (unpaired) electrons. The maximum absolute atomic E-state index is 4.86. The van der Waals surface area contributed by atoms with Gasteiger partial charge in [-0.1, -0.05) is 0 Å². The SMILES string of the molecule is c1cc2c(ccc3ooc32)cn1. The van der Waals surface area contributed by atoms with E-state index in [-0.39, 0.29) is 0 Å². The van der Waals surface area contributed by atoms with Gasteiger partial charge in [-0.05, 0) is 18.2 Å². The fourth-order valence-corrected chi connectivity index (χ4v) is 1.32. The number of pyridine rings is 1. The lowest BCUT2D eigenvalue weighted by atomic mass is 10.1. The van der Waals surface area contributed by atoms with Crippen LogP contribution in [0.15, 0.2) is 39.7 Å². The molecule has 0 aliphatic carbocycles. The summed E-state index contributed by atoms with van der Waals surface area (Å²) in [5.41, 5.74) is 1.61. The molecule has 0 aliphatic rings. The molecule has 0 fully saturated rings. The highest BCUT2D eigenvalue weighted by atomic mass is 17.0. The van der Waals surface area contributed by atoms with E-state index in [0.29, 0.717) is 0 Å². The first-order valence-electron chi connectivity index (χ1n) is 3.66. The molecule has 0 atom stereocenters. The van der Waals surface area contributed by atoms with Crippen LogP contribution in [0.25, 0.3) is 21.9 Å². The Morgan fingerprint density at radius 3 is 2.92 bits per heavy atom. The van der Waals surface area contributed by atoms with Crippen molar-refractivity contribution in [2.75, 3.05) is 0 Å². The molecular weight excluding hydrogens is 154 g/mol. The Hall–Kier alpha value is -1.77. The van der Waals surface area contributed by atoms with E-state index < -0.39 is 0 Å². The van der Waals surface area contributed by atoms with Gasteiger partial charge in [0.1, 0.15) is 0 Å². The molecule has 0 saturated carbocycles. The number of rotatable bonds is 0. The van der Waals surface area contributed by atoms with Crippen LogP contribution >= 0.6 is 0 Å². The molecule has 12 heavy (non-hydrogen) atoms. The van der Waals surface area contributed by atoms with E-state index in [4.69, 9.17) is 9.15 Å². The standard InChI is InChI=1S/C9H5NO2/c1-2-8-9(12-11-8)7-3-4-10-5-6(1)7/h1-5H. The minimum absolute atomic E-state index is 0.800. The summed E-state index contributed by atoms with van der Waals surface area (Å²) in [5.74, 6) is 0. The number of aromatic nitrogens is 1. The average molecular weight is 159 g/mol. The monoisotopic (exact) mass is 159 g/mol. The summed E-state index contributed by atoms with van der Waals surface area (Å²) < 4.78 is 9.63. The van der Waals surface area contributed by atoms with E-state index in [1.807, 2.05) is 18.2 Å². The van der Waals surface area contributed by atoms with Gasteiger partial charge in [-0.2, -0.15) is 0 Å². The van der Waals surface area contributed by atoms with Gasteiger partial charge in [-0.25, -0.2) is 0 Å². The molecule has 3 nitrogen and oxygen atoms in total. The van der Waals surface area contributed by atoms with Gasteiger partial charge < -0.3 is 0 Å². The first-order chi connectivity index (χ1) is 5.95. The minimum atomic E-state index is 0.800. The second-order valence-electron chi connectivity index (χ2n) is 2.66. The zero-order valence-corrected chi connectivity index (χ0v) is 6.15. The van der Waals surface area contributed by atoms with Crippen molar-refractivity contribution in [2.45, 2.75) is 0 Å². The number of benzene rings is 1. The molecule has 2 heterocycles. The third-order valence-corrected chi connectivity index (χ3v) is 1.95. The van der Waals surface area contributed by atoms with Crippen LogP contribution in [0.5, 0.6) is 0 Å². The highest BCUT2D eigenvalue weighted by Crippen LogP contribution is 2.26. The van der Waals surface area contributed by atoms with Crippen molar-refractivity contribution in [1.82, 2.24) is 4.98 Å². The molecule has 3 heteroatoms. The Morgan fingerprint density at radius 2 is 2.08 bits per heavy atom. The predicted octanol–water partition coefficient (Wildman–Crippen LogP) is 2.57. The summed E-state index contributed by atoms with van der Waals surface area (Å²) in [4.78, 5) is 4.01. The molecule has 58 valence electrons. The van der Waals surface area contributed by atoms with Crippen LogP contribution in [-0.4, -0.2) is 4.98 Å². The fraction of sp³-hybridized carbons (Fsp3) is 0. The number of nitrogens with zero attached hydrogens (tertiary/aromatic N) is 1. The van der Waals surface area contributed by atoms with Gasteiger partial charge >= 0.3 is 0 Å². The van der Waals surface area contributed by atoms with Gasteiger partial charge in [0.05, 0.1) is 0 Å². The molecule has 0 aliphatic heterocycles. The van der Waals surface area contributed by atoms with E-state index in [1.54, 1.807) is 12.4 Å². The molecule has 1 aromatic carbocycles. The first kappa shape index (κ1) is 5.83. The van der Waals surface area contributed by atoms with Gasteiger partial charge in [0, 0.05) is 23.2 Å². The van der Waals surface area contributed by atoms with Crippen molar-refractivity contribution in [3.63, 3.8) is 0 Å². The average Bonchev–Trinajstić information content (AvgIpc) is 2.05. The molecule has 0 spiro atoms. The number of fused-ring (bicyclic) bond motifs is 3. The van der Waals surface area contributed by atoms with E-state index in [2.05, 4.69) is 4.98 Å². The van der Waals surface area contributed by atoms with Crippen molar-refractivity contribution in [1.29, 1.82) is 0 Å². The van der Waals surface area contributed by atoms with Crippen molar-refractivity contribution < 1.29 is 9.15 Å². The van der Waals surface area contributed by atoms with Crippen LogP contribution in [0.4, 0.5) is 0 Å². The molecule has 3 aromatic rings. The molecule has 0 saturated heterocycles. The van der Waals surface area contributed by atoms with Gasteiger partial charge in [-0.3, -0.25) is 14.1 Å². The molecule has 0 bridgehead atoms. The Kier molecular flexibility index (Phi) is 0.913. The van der Waals surface area contributed by atoms with Crippen LogP contribution < -0.4 is 0 Å². The van der Waals surface area contributed by atoms with Crippen molar-refractivity contribution in [3.8, 4) is 0 Å². The van der Waals surface area contributed by atoms with Crippen molar-refractivity contribution in [3.05, 3.63) is 30.6 Å². The van der Waals surface area contributed by atoms with Crippen LogP contribution in [-0.2, 0) is 0 Å². The molecular formula is C9H5NO2. The normalized spacial score (nSPS) is 11.3. The smallest absolute Gasteiger partial charge is 0.233 e. The Morgan fingerprint density at radius 1 is 1.08 bits per heavy atom. The van der Waals surface area contributed by atoms with E-state index in [9.17, 15) is 0 Å². The van der Waals surface area contributed by atoms with E-state index in [0.717, 1.165) is 21.9 Å². The van der Waals surface area contributed by atoms with Crippen LogP contribution in [0.1, 0.15) is 0 Å². The minimum Gasteiger partial charge on any atom is -0.286 e. The molecule has 0 N–H and O–H groups in total. The third kappa shape index (κ3) is 0.580. The Balaban J connectivity index is 2.62. The Labute approximate surface area is 67.5 Å². The number of hydrogen-bond acceptors (Lipinski definition) is 3. The van der Waals surface area contributed by atoms with Gasteiger partial charge in [0.15, 0.2) is 0 Å². The highest BCUT2D eigenvalue weighted by Gasteiger charge is 2.07. The topological polar surface area (TPSA) is 39.2 Å². The van der Waals surface area contributed by atoms with Crippen molar-refractivity contribution >= 4 is 21.9 Å². The summed E-state index contributed by atoms with van der Waals surface area (Å²) in [6, 6.07) is 5.75. The zero-order chi connectivity index (χ0) is 7.97. The second kappa shape index (κ2) is 1.88. The summed E-state index contributed by atoms with van der Waals surface area (Å²) in [6.45, 7) is 0. The molecule has 0 amide bonds. The molecule has 2 aromatic heterocycles. The molecule has 0 unspecified atom stereocenters. The zero-order valence-electron chi connectivity index (χ0n) is 6.15. The van der Waals surface area contributed by atoms with Gasteiger partial charge in [0.25, 0.3) is 0 Å². The van der Waals surface area contributed by atoms with E-state index >= 15 is 0 Å². The van der Waals surface area contributed by atoms with Crippen LogP contribution in [0.3, 0.4) is 0 Å². The maximum Gasteiger partial charge on any atom is 0.233 e. The summed E-state index contributed by atoms with van der Waals surface area (Å²) in [5, 5.41) is 2.12. The largest absolute Gasteiger partial charge is 0.286 e. The Bertz CT molecular complexity index is 530. The number of hydrogen-bond donors (Lipinski definition) is 0. The van der Waals surface area contributed by atoms with E-state index in [1.165, 1.54) is 0 Å². The van der Waals surface area contributed by atoms with Gasteiger partial charge in [0.2, 0.25) is 11.2 Å². The van der Waals surface area contributed by atoms with Gasteiger partial charge in [-0.15, -0.1) is 0 Å². The fourth-order valence-electron chi connectivity index (χ4n) is 1.32. The van der Waals surface area contributed by atoms with Crippen LogP contribution in [0, 0.1) is 0 Å². The summed E-state index contributed by atoms with van der Waals surface area (Å²) in [6.07, 6.45) is 3.54. The van der Waals surface area contributed by atoms with Crippen LogP contribution in [0.2, 0.25) is 0 Å². The summed E-state index contributed by atoms with van der Waals surface area (Å²) >= 11 is 0. The highest BCUT2D eigenvalue weighted by molar-refractivity contribution is 6.01. The third-order valence-electron chi connectivity index (χ3n) is 1.95. The maximum atomic E-state index is 4.86. The lowest BCUT2D eigenvalue weighted by molar-refractivity contribution is 0.0603. The molecule has 3 rings (SSSR count). The summed E-state index contributed by atoms with van der Waals surface area (Å²) in [7, 11) is 0. The van der Waals surface area contributed by atoms with Crippen molar-refractivity contribution in [2.24, 2.45) is 0 Å². The first-order valence-corrected chi connectivity index (χ1v) is 3.66. The predicted molar refractivity (Wildman–Crippen MR) is 43.8 cm³/mol. The lowest BCUT2D eigenvalue weighted by Gasteiger charge is -2.00.